The summed E-state index contributed by atoms with van der Waals surface area (Å²) in [5.74, 6) is 2.21. The number of rotatable bonds is 6. The van der Waals surface area contributed by atoms with Gasteiger partial charge in [-0.3, -0.25) is 0 Å². The average molecular weight is 372 g/mol. The molecule has 0 saturated heterocycles. The van der Waals surface area contributed by atoms with E-state index >= 15 is 0 Å². The number of oxazole rings is 2. The van der Waals surface area contributed by atoms with Crippen LogP contribution in [0.15, 0.2) is 81.6 Å². The fraction of sp³-hybridized carbons (Fsp3) is 0.0909. The lowest BCUT2D eigenvalue weighted by atomic mass is 10.3. The summed E-state index contributed by atoms with van der Waals surface area (Å²) in [4.78, 5) is 8.84. The van der Waals surface area contributed by atoms with E-state index < -0.39 is 0 Å². The van der Waals surface area contributed by atoms with Crippen LogP contribution in [-0.4, -0.2) is 9.97 Å². The summed E-state index contributed by atoms with van der Waals surface area (Å²) in [6, 6.07) is 22.7. The predicted octanol–water partition coefficient (Wildman–Crippen LogP) is 5.13. The minimum atomic E-state index is 0.206. The Bertz CT molecular complexity index is 1080. The highest BCUT2D eigenvalue weighted by Gasteiger charge is 2.11. The van der Waals surface area contributed by atoms with Crippen LogP contribution in [0.5, 0.6) is 11.5 Å². The lowest BCUT2D eigenvalue weighted by molar-refractivity contribution is 0.225. The minimum absolute atomic E-state index is 0.206. The smallest absolute Gasteiger partial charge is 0.233 e. The molecule has 28 heavy (non-hydrogen) atoms. The van der Waals surface area contributed by atoms with Gasteiger partial charge >= 0.3 is 0 Å². The molecule has 0 aliphatic heterocycles. The van der Waals surface area contributed by atoms with Gasteiger partial charge in [0.2, 0.25) is 11.8 Å². The molecule has 3 aromatic carbocycles. The van der Waals surface area contributed by atoms with Gasteiger partial charge < -0.3 is 18.3 Å². The Morgan fingerprint density at radius 2 is 1.00 bits per heavy atom. The van der Waals surface area contributed by atoms with E-state index in [1.165, 1.54) is 0 Å². The Labute approximate surface area is 160 Å². The van der Waals surface area contributed by atoms with Crippen LogP contribution in [0.3, 0.4) is 0 Å². The molecule has 0 saturated carbocycles. The van der Waals surface area contributed by atoms with Gasteiger partial charge in [0.25, 0.3) is 0 Å². The SMILES string of the molecule is c1ccc(OCc2nc3ccccc3o2)c(OCc2nc3ccccc3o2)c1. The first-order valence-electron chi connectivity index (χ1n) is 8.89. The molecule has 0 N–H and O–H groups in total. The highest BCUT2D eigenvalue weighted by atomic mass is 16.5. The molecule has 6 nitrogen and oxygen atoms in total. The van der Waals surface area contributed by atoms with Gasteiger partial charge in [0.1, 0.15) is 11.0 Å². The van der Waals surface area contributed by atoms with E-state index in [0.717, 1.165) is 22.2 Å². The van der Waals surface area contributed by atoms with Crippen LogP contribution < -0.4 is 9.47 Å². The van der Waals surface area contributed by atoms with Crippen LogP contribution >= 0.6 is 0 Å². The molecule has 0 spiro atoms. The van der Waals surface area contributed by atoms with Crippen molar-refractivity contribution in [1.29, 1.82) is 0 Å². The van der Waals surface area contributed by atoms with Crippen molar-refractivity contribution in [3.05, 3.63) is 84.6 Å². The highest BCUT2D eigenvalue weighted by molar-refractivity contribution is 5.72. The van der Waals surface area contributed by atoms with Crippen molar-refractivity contribution in [2.24, 2.45) is 0 Å². The second-order valence-electron chi connectivity index (χ2n) is 6.17. The minimum Gasteiger partial charge on any atom is -0.480 e. The van der Waals surface area contributed by atoms with Crippen LogP contribution in [0.1, 0.15) is 11.8 Å². The molecule has 0 unspecified atom stereocenters. The van der Waals surface area contributed by atoms with E-state index in [-0.39, 0.29) is 13.2 Å². The monoisotopic (exact) mass is 372 g/mol. The van der Waals surface area contributed by atoms with Gasteiger partial charge in [-0.2, -0.15) is 0 Å². The summed E-state index contributed by atoms with van der Waals surface area (Å²) in [6.07, 6.45) is 0. The number of hydrogen-bond acceptors (Lipinski definition) is 6. The molecule has 2 heterocycles. The number of ether oxygens (including phenoxy) is 2. The topological polar surface area (TPSA) is 70.5 Å². The third-order valence-electron chi connectivity index (χ3n) is 4.23. The second-order valence-corrected chi connectivity index (χ2v) is 6.17. The molecule has 0 atom stereocenters. The number of aromatic nitrogens is 2. The quantitative estimate of drug-likeness (QED) is 0.412. The molecule has 138 valence electrons. The first-order valence-corrected chi connectivity index (χ1v) is 8.89. The fourth-order valence-corrected chi connectivity index (χ4v) is 2.93. The van der Waals surface area contributed by atoms with Gasteiger partial charge in [0.05, 0.1) is 0 Å². The molecule has 6 heteroatoms. The zero-order valence-corrected chi connectivity index (χ0v) is 14.9. The zero-order chi connectivity index (χ0) is 18.8. The van der Waals surface area contributed by atoms with Gasteiger partial charge in [0, 0.05) is 0 Å². The highest BCUT2D eigenvalue weighted by Crippen LogP contribution is 2.28. The molecule has 0 radical (unpaired) electrons. The lowest BCUT2D eigenvalue weighted by Gasteiger charge is -2.10. The van der Waals surface area contributed by atoms with Crippen molar-refractivity contribution in [3.8, 4) is 11.5 Å². The Morgan fingerprint density at radius 1 is 0.571 bits per heavy atom. The maximum absolute atomic E-state index is 5.87. The van der Waals surface area contributed by atoms with E-state index in [2.05, 4.69) is 9.97 Å². The maximum atomic E-state index is 5.87. The zero-order valence-electron chi connectivity index (χ0n) is 14.9. The van der Waals surface area contributed by atoms with Crippen LogP contribution in [0.4, 0.5) is 0 Å². The average Bonchev–Trinajstić information content (AvgIpc) is 3.34. The number of fused-ring (bicyclic) bond motifs is 2. The Morgan fingerprint density at radius 3 is 1.46 bits per heavy atom. The standard InChI is InChI=1S/C22H16N2O4/c1-3-9-17-15(7-1)23-21(27-17)13-25-19-11-5-6-12-20(19)26-14-22-24-16-8-2-4-10-18(16)28-22/h1-12H,13-14H2. The lowest BCUT2D eigenvalue weighted by Crippen LogP contribution is -2.00. The van der Waals surface area contributed by atoms with E-state index in [0.29, 0.717) is 23.3 Å². The number of para-hydroxylation sites is 6. The third kappa shape index (κ3) is 3.27. The molecule has 0 bridgehead atoms. The first kappa shape index (κ1) is 16.4. The van der Waals surface area contributed by atoms with Crippen LogP contribution in [0.2, 0.25) is 0 Å². The van der Waals surface area contributed by atoms with Gasteiger partial charge in [-0.05, 0) is 36.4 Å². The van der Waals surface area contributed by atoms with Gasteiger partial charge in [-0.25, -0.2) is 9.97 Å². The normalized spacial score (nSPS) is 11.1. The number of benzene rings is 3. The van der Waals surface area contributed by atoms with Crippen LogP contribution in [0.25, 0.3) is 22.2 Å². The van der Waals surface area contributed by atoms with E-state index in [1.54, 1.807) is 0 Å². The summed E-state index contributed by atoms with van der Waals surface area (Å²) < 4.78 is 23.1. The number of nitrogens with zero attached hydrogens (tertiary/aromatic N) is 2. The van der Waals surface area contributed by atoms with Crippen molar-refractivity contribution in [2.75, 3.05) is 0 Å². The summed E-state index contributed by atoms with van der Waals surface area (Å²) in [5.41, 5.74) is 3.09. The predicted molar refractivity (Wildman–Crippen MR) is 103 cm³/mol. The number of hydrogen-bond donors (Lipinski definition) is 0. The van der Waals surface area contributed by atoms with Gasteiger partial charge in [0.15, 0.2) is 35.9 Å². The second kappa shape index (κ2) is 7.08. The Kier molecular flexibility index (Phi) is 4.14. The first-order chi connectivity index (χ1) is 13.8. The molecule has 0 amide bonds. The molecule has 0 aliphatic carbocycles. The molecule has 5 rings (SSSR count). The van der Waals surface area contributed by atoms with Gasteiger partial charge in [-0.15, -0.1) is 0 Å². The van der Waals surface area contributed by atoms with E-state index in [4.69, 9.17) is 18.3 Å². The van der Waals surface area contributed by atoms with Crippen molar-refractivity contribution < 1.29 is 18.3 Å². The summed E-state index contributed by atoms with van der Waals surface area (Å²) in [5, 5.41) is 0. The van der Waals surface area contributed by atoms with Crippen LogP contribution in [0, 0.1) is 0 Å². The molecule has 2 aromatic heterocycles. The van der Waals surface area contributed by atoms with Gasteiger partial charge in [-0.1, -0.05) is 36.4 Å². The molecule has 0 aliphatic rings. The molecule has 0 fully saturated rings. The Hall–Kier alpha value is -3.80. The summed E-state index contributed by atoms with van der Waals surface area (Å²) >= 11 is 0. The van der Waals surface area contributed by atoms with Crippen molar-refractivity contribution >= 4 is 22.2 Å². The largest absolute Gasteiger partial charge is 0.480 e. The summed E-state index contributed by atoms with van der Waals surface area (Å²) in [7, 11) is 0. The van der Waals surface area contributed by atoms with Crippen LogP contribution in [-0.2, 0) is 13.2 Å². The Balaban J connectivity index is 1.29. The maximum Gasteiger partial charge on any atom is 0.233 e. The molecule has 5 aromatic rings. The summed E-state index contributed by atoms with van der Waals surface area (Å²) in [6.45, 7) is 0.413. The fourth-order valence-electron chi connectivity index (χ4n) is 2.93. The van der Waals surface area contributed by atoms with E-state index in [1.807, 2.05) is 72.8 Å². The molecular formula is C22H16N2O4. The van der Waals surface area contributed by atoms with E-state index in [9.17, 15) is 0 Å². The van der Waals surface area contributed by atoms with Crippen molar-refractivity contribution in [3.63, 3.8) is 0 Å². The van der Waals surface area contributed by atoms with Crippen molar-refractivity contribution in [1.82, 2.24) is 9.97 Å². The third-order valence-corrected chi connectivity index (χ3v) is 4.23. The van der Waals surface area contributed by atoms with Crippen molar-refractivity contribution in [2.45, 2.75) is 13.2 Å². The molecular weight excluding hydrogens is 356 g/mol.